The van der Waals surface area contributed by atoms with Gasteiger partial charge in [-0.25, -0.2) is 14.8 Å². The van der Waals surface area contributed by atoms with Crippen LogP contribution < -0.4 is 15.1 Å². The number of carbonyl (C=O) groups is 1. The molecule has 2 aromatic carbocycles. The Bertz CT molecular complexity index is 1630. The summed E-state index contributed by atoms with van der Waals surface area (Å²) < 4.78 is 52.2. The van der Waals surface area contributed by atoms with E-state index in [1.165, 1.54) is 17.0 Å². The number of anilines is 3. The Hall–Kier alpha value is -4.92. The zero-order chi connectivity index (χ0) is 32.8. The molecule has 1 fully saturated rings. The molecule has 2 N–H and O–H groups in total. The van der Waals surface area contributed by atoms with E-state index in [1.54, 1.807) is 18.3 Å². The number of nitrogens with one attached hydrogen (secondary N) is 1. The molecule has 11 nitrogen and oxygen atoms in total. The standard InChI is InChI=1S/C32H32F3N7O4/c1-2-24-16-26(25-15-23(32(33,34)35)3-4-28(25)42(24)31(44)46-10-7-43)39-30-38-19-29(41-5-8-45-9-6-41)27(40-30)14-20-11-21(17-36)13-22(12-20)18-37/h3-4,11-13,15,19,24,26,43H,2,5-10,14,16H2,1H3,(H,38,39,40)/t24-,26+/m1/s1. The van der Waals surface area contributed by atoms with E-state index in [2.05, 4.69) is 27.3 Å². The van der Waals surface area contributed by atoms with Gasteiger partial charge in [-0.3, -0.25) is 4.90 Å². The van der Waals surface area contributed by atoms with Crippen molar-refractivity contribution in [2.75, 3.05) is 54.6 Å². The Labute approximate surface area is 263 Å². The predicted molar refractivity (Wildman–Crippen MR) is 161 cm³/mol. The number of morpholine rings is 1. The van der Waals surface area contributed by atoms with Gasteiger partial charge < -0.3 is 24.8 Å². The number of ether oxygens (including phenoxy) is 2. The van der Waals surface area contributed by atoms with Gasteiger partial charge in [0.2, 0.25) is 5.95 Å². The maximum absolute atomic E-state index is 13.8. The zero-order valence-electron chi connectivity index (χ0n) is 25.0. The highest BCUT2D eigenvalue weighted by molar-refractivity contribution is 5.90. The number of amides is 1. The fourth-order valence-electron chi connectivity index (χ4n) is 5.82. The topological polar surface area (TPSA) is 148 Å². The number of alkyl halides is 3. The molecule has 0 unspecified atom stereocenters. The maximum Gasteiger partial charge on any atom is 0.416 e. The molecule has 1 amide bonds. The third-order valence-electron chi connectivity index (χ3n) is 7.97. The highest BCUT2D eigenvalue weighted by atomic mass is 19.4. The zero-order valence-corrected chi connectivity index (χ0v) is 25.0. The van der Waals surface area contributed by atoms with Crippen LogP contribution in [-0.2, 0) is 22.1 Å². The lowest BCUT2D eigenvalue weighted by Crippen LogP contribution is -2.46. The largest absolute Gasteiger partial charge is 0.447 e. The van der Waals surface area contributed by atoms with E-state index < -0.39 is 29.9 Å². The van der Waals surface area contributed by atoms with Crippen LogP contribution in [0.4, 0.5) is 35.3 Å². The van der Waals surface area contributed by atoms with Crippen LogP contribution >= 0.6 is 0 Å². The van der Waals surface area contributed by atoms with Gasteiger partial charge in [0.05, 0.1) is 78.0 Å². The molecule has 5 rings (SSSR count). The molecule has 0 saturated carbocycles. The number of nitriles is 2. The van der Waals surface area contributed by atoms with Crippen molar-refractivity contribution in [1.29, 1.82) is 10.5 Å². The molecule has 2 aliphatic heterocycles. The number of aliphatic hydroxyl groups is 1. The van der Waals surface area contributed by atoms with E-state index >= 15 is 0 Å². The summed E-state index contributed by atoms with van der Waals surface area (Å²) in [5, 5.41) is 31.4. The molecule has 0 spiro atoms. The molecule has 240 valence electrons. The van der Waals surface area contributed by atoms with Crippen LogP contribution in [0, 0.1) is 22.7 Å². The maximum atomic E-state index is 13.8. The van der Waals surface area contributed by atoms with Crippen molar-refractivity contribution in [3.8, 4) is 12.1 Å². The van der Waals surface area contributed by atoms with E-state index in [0.717, 1.165) is 17.8 Å². The Morgan fingerprint density at radius 1 is 1.13 bits per heavy atom. The average Bonchev–Trinajstić information content (AvgIpc) is 3.06. The second kappa shape index (κ2) is 14.0. The van der Waals surface area contributed by atoms with Gasteiger partial charge in [-0.15, -0.1) is 0 Å². The summed E-state index contributed by atoms with van der Waals surface area (Å²) in [6, 6.07) is 11.1. The first-order valence-corrected chi connectivity index (χ1v) is 14.8. The molecule has 0 bridgehead atoms. The molecular weight excluding hydrogens is 603 g/mol. The van der Waals surface area contributed by atoms with Crippen molar-refractivity contribution < 1.29 is 32.5 Å². The molecule has 2 aliphatic rings. The first-order chi connectivity index (χ1) is 22.1. The average molecular weight is 636 g/mol. The Morgan fingerprint density at radius 3 is 2.48 bits per heavy atom. The first kappa shape index (κ1) is 32.5. The van der Waals surface area contributed by atoms with E-state index in [4.69, 9.17) is 19.6 Å². The van der Waals surface area contributed by atoms with Crippen molar-refractivity contribution >= 4 is 23.4 Å². The van der Waals surface area contributed by atoms with Crippen molar-refractivity contribution in [3.63, 3.8) is 0 Å². The van der Waals surface area contributed by atoms with E-state index in [9.17, 15) is 28.5 Å². The van der Waals surface area contributed by atoms with Gasteiger partial charge >= 0.3 is 12.3 Å². The predicted octanol–water partition coefficient (Wildman–Crippen LogP) is 4.94. The third-order valence-corrected chi connectivity index (χ3v) is 7.97. The molecule has 14 heteroatoms. The van der Waals surface area contributed by atoms with Gasteiger partial charge in [0, 0.05) is 25.6 Å². The minimum Gasteiger partial charge on any atom is -0.447 e. The summed E-state index contributed by atoms with van der Waals surface area (Å²) in [5.74, 6) is 0.170. The van der Waals surface area contributed by atoms with Crippen LogP contribution in [0.1, 0.15) is 59.3 Å². The summed E-state index contributed by atoms with van der Waals surface area (Å²) in [6.07, 6.45) is -2.75. The van der Waals surface area contributed by atoms with Gasteiger partial charge in [-0.1, -0.05) is 6.92 Å². The first-order valence-electron chi connectivity index (χ1n) is 14.8. The second-order valence-corrected chi connectivity index (χ2v) is 10.9. The van der Waals surface area contributed by atoms with E-state index in [1.807, 2.05) is 6.92 Å². The molecule has 1 aromatic heterocycles. The van der Waals surface area contributed by atoms with Crippen molar-refractivity contribution in [2.24, 2.45) is 0 Å². The number of fused-ring (bicyclic) bond motifs is 1. The summed E-state index contributed by atoms with van der Waals surface area (Å²) in [5.41, 5.74) is 2.31. The summed E-state index contributed by atoms with van der Waals surface area (Å²) >= 11 is 0. The fourth-order valence-corrected chi connectivity index (χ4v) is 5.82. The quantitative estimate of drug-likeness (QED) is 0.349. The highest BCUT2D eigenvalue weighted by Crippen LogP contribution is 2.43. The molecule has 1 saturated heterocycles. The summed E-state index contributed by atoms with van der Waals surface area (Å²) in [4.78, 5) is 25.8. The van der Waals surface area contributed by atoms with Crippen LogP contribution in [0.3, 0.4) is 0 Å². The number of benzene rings is 2. The summed E-state index contributed by atoms with van der Waals surface area (Å²) in [7, 11) is 0. The molecular formula is C32H32F3N7O4. The molecule has 0 aliphatic carbocycles. The van der Waals surface area contributed by atoms with Gasteiger partial charge in [0.25, 0.3) is 0 Å². The molecule has 2 atom stereocenters. The number of rotatable bonds is 8. The smallest absolute Gasteiger partial charge is 0.416 e. The lowest BCUT2D eigenvalue weighted by molar-refractivity contribution is -0.137. The number of carbonyl (C=O) groups excluding carboxylic acids is 1. The van der Waals surface area contributed by atoms with Crippen LogP contribution in [0.25, 0.3) is 0 Å². The lowest BCUT2D eigenvalue weighted by atomic mass is 9.89. The number of aliphatic hydroxyl groups excluding tert-OH is 1. The number of halogens is 3. The number of hydrogen-bond acceptors (Lipinski definition) is 10. The van der Waals surface area contributed by atoms with Gasteiger partial charge in [-0.05, 0) is 60.4 Å². The molecule has 3 heterocycles. The normalized spacial score (nSPS) is 17.9. The monoisotopic (exact) mass is 635 g/mol. The molecule has 0 radical (unpaired) electrons. The Kier molecular flexibility index (Phi) is 9.90. The minimum absolute atomic E-state index is 0.170. The Morgan fingerprint density at radius 2 is 1.85 bits per heavy atom. The minimum atomic E-state index is -4.62. The van der Waals surface area contributed by atoms with Crippen LogP contribution in [0.2, 0.25) is 0 Å². The number of nitrogens with zero attached hydrogens (tertiary/aromatic N) is 6. The summed E-state index contributed by atoms with van der Waals surface area (Å²) in [6.45, 7) is 3.44. The van der Waals surface area contributed by atoms with E-state index in [0.29, 0.717) is 55.1 Å². The Balaban J connectivity index is 1.55. The number of aromatic nitrogens is 2. The van der Waals surface area contributed by atoms with Gasteiger partial charge in [0.1, 0.15) is 6.61 Å². The van der Waals surface area contributed by atoms with Crippen molar-refractivity contribution in [2.45, 2.75) is 44.4 Å². The third kappa shape index (κ3) is 7.14. The fraction of sp³-hybridized carbons (Fsp3) is 0.406. The van der Waals surface area contributed by atoms with Crippen LogP contribution in [-0.4, -0.2) is 66.7 Å². The van der Waals surface area contributed by atoms with Crippen molar-refractivity contribution in [3.05, 3.63) is 76.1 Å². The van der Waals surface area contributed by atoms with E-state index in [-0.39, 0.29) is 43.3 Å². The molecule has 46 heavy (non-hydrogen) atoms. The SMILES string of the molecule is CC[C@@H]1C[C@H](Nc2ncc(N3CCOCC3)c(Cc3cc(C#N)cc(C#N)c3)n2)c2cc(C(F)(F)F)ccc2N1C(=O)OCCO. The van der Waals surface area contributed by atoms with Crippen LogP contribution in [0.5, 0.6) is 0 Å². The van der Waals surface area contributed by atoms with Gasteiger partial charge in [0.15, 0.2) is 0 Å². The van der Waals surface area contributed by atoms with Crippen LogP contribution in [0.15, 0.2) is 42.6 Å². The molecule has 3 aromatic rings. The van der Waals surface area contributed by atoms with Gasteiger partial charge in [-0.2, -0.15) is 23.7 Å². The van der Waals surface area contributed by atoms with Crippen molar-refractivity contribution in [1.82, 2.24) is 9.97 Å². The second-order valence-electron chi connectivity index (χ2n) is 10.9. The highest BCUT2D eigenvalue weighted by Gasteiger charge is 2.39. The number of hydrogen-bond donors (Lipinski definition) is 2. The lowest BCUT2D eigenvalue weighted by Gasteiger charge is -2.40.